The number of sulfonamides is 1. The average Bonchev–Trinajstić information content (AvgIpc) is 2.87. The zero-order valence-electron chi connectivity index (χ0n) is 13.8. The molecule has 1 aromatic heterocycles. The highest BCUT2D eigenvalue weighted by Gasteiger charge is 2.14. The van der Waals surface area contributed by atoms with E-state index in [1.807, 2.05) is 37.3 Å². The molecule has 1 aromatic carbocycles. The minimum Gasteiger partial charge on any atom is -0.362 e. The van der Waals surface area contributed by atoms with Crippen LogP contribution >= 0.6 is 0 Å². The normalized spacial score (nSPS) is 10.9. The quantitative estimate of drug-likeness (QED) is 0.677. The van der Waals surface area contributed by atoms with Gasteiger partial charge in [-0.25, -0.2) is 12.7 Å². The Morgan fingerprint density at radius 3 is 2.52 bits per heavy atom. The van der Waals surface area contributed by atoms with E-state index in [9.17, 15) is 8.42 Å². The maximum absolute atomic E-state index is 11.9. The van der Waals surface area contributed by atoms with Crippen LogP contribution in [0.2, 0.25) is 0 Å². The van der Waals surface area contributed by atoms with Gasteiger partial charge in [-0.1, -0.05) is 25.1 Å². The lowest BCUT2D eigenvalue weighted by atomic mass is 10.1. The molecular formula is C18H22N2O2S. The van der Waals surface area contributed by atoms with E-state index < -0.39 is 10.0 Å². The van der Waals surface area contributed by atoms with E-state index in [0.717, 1.165) is 23.4 Å². The first-order chi connectivity index (χ1) is 10.9. The fraction of sp³-hybridized carbons (Fsp3) is 0.333. The van der Waals surface area contributed by atoms with Crippen LogP contribution in [0.1, 0.15) is 29.4 Å². The third-order valence-corrected chi connectivity index (χ3v) is 4.65. The van der Waals surface area contributed by atoms with Crippen molar-refractivity contribution < 1.29 is 8.42 Å². The number of H-pyrrole nitrogens is 1. The van der Waals surface area contributed by atoms with Crippen molar-refractivity contribution in [2.24, 2.45) is 0 Å². The Morgan fingerprint density at radius 2 is 1.91 bits per heavy atom. The molecule has 0 saturated heterocycles. The summed E-state index contributed by atoms with van der Waals surface area (Å²) in [5.41, 5.74) is 4.20. The molecule has 0 saturated carbocycles. The van der Waals surface area contributed by atoms with Crippen LogP contribution in [0.4, 0.5) is 0 Å². The molecule has 0 aliphatic heterocycles. The molecule has 0 aliphatic rings. The van der Waals surface area contributed by atoms with E-state index in [0.29, 0.717) is 13.0 Å². The zero-order chi connectivity index (χ0) is 16.9. The Bertz CT molecular complexity index is 812. The molecule has 0 atom stereocenters. The lowest BCUT2D eigenvalue weighted by Gasteiger charge is -2.15. The van der Waals surface area contributed by atoms with Gasteiger partial charge in [-0.3, -0.25) is 0 Å². The second-order valence-corrected chi connectivity index (χ2v) is 7.40. The van der Waals surface area contributed by atoms with Crippen molar-refractivity contribution in [1.82, 2.24) is 9.29 Å². The highest BCUT2D eigenvalue weighted by molar-refractivity contribution is 7.88. The number of rotatable bonds is 5. The standard InChI is InChI=1S/C18H22N2O2S/c1-4-17-14-15(2)19-18(17)11-13-20(23(3,21)22)12-10-16-8-6-5-7-9-16/h5-9,14,19H,4,11,13H2,1-3H3. The van der Waals surface area contributed by atoms with Crippen LogP contribution in [0, 0.1) is 18.9 Å². The smallest absolute Gasteiger partial charge is 0.238 e. The summed E-state index contributed by atoms with van der Waals surface area (Å²) in [6, 6.07) is 14.3. The average molecular weight is 330 g/mol. The lowest BCUT2D eigenvalue weighted by molar-refractivity contribution is 0.516. The van der Waals surface area contributed by atoms with Gasteiger partial charge in [0, 0.05) is 36.0 Å². The number of benzene rings is 1. The van der Waals surface area contributed by atoms with Crippen LogP contribution in [-0.4, -0.2) is 30.5 Å². The van der Waals surface area contributed by atoms with Gasteiger partial charge in [0.05, 0.1) is 6.26 Å². The molecule has 2 rings (SSSR count). The molecule has 4 nitrogen and oxygen atoms in total. The molecule has 1 N–H and O–H groups in total. The van der Waals surface area contributed by atoms with Crippen LogP contribution in [0.15, 0.2) is 36.4 Å². The van der Waals surface area contributed by atoms with Crippen LogP contribution in [0.25, 0.3) is 0 Å². The maximum atomic E-state index is 11.9. The summed E-state index contributed by atoms with van der Waals surface area (Å²) < 4.78 is 25.1. The highest BCUT2D eigenvalue weighted by atomic mass is 32.2. The molecule has 122 valence electrons. The molecule has 5 heteroatoms. The summed E-state index contributed by atoms with van der Waals surface area (Å²) in [4.78, 5) is 3.31. The van der Waals surface area contributed by atoms with Gasteiger partial charge in [-0.2, -0.15) is 0 Å². The van der Waals surface area contributed by atoms with Crippen molar-refractivity contribution in [3.8, 4) is 12.0 Å². The van der Waals surface area contributed by atoms with Crippen molar-refractivity contribution >= 4 is 10.0 Å². The second-order valence-electron chi connectivity index (χ2n) is 5.50. The van der Waals surface area contributed by atoms with Crippen molar-refractivity contribution in [3.63, 3.8) is 0 Å². The Labute approximate surface area is 138 Å². The Hall–Kier alpha value is -2.19. The van der Waals surface area contributed by atoms with Gasteiger partial charge >= 0.3 is 0 Å². The van der Waals surface area contributed by atoms with E-state index in [1.54, 1.807) is 0 Å². The molecule has 0 radical (unpaired) electrons. The number of hydrogen-bond donors (Lipinski definition) is 1. The van der Waals surface area contributed by atoms with Gasteiger partial charge in [-0.05, 0) is 43.0 Å². The summed E-state index contributed by atoms with van der Waals surface area (Å²) in [6.45, 7) is 4.44. The summed E-state index contributed by atoms with van der Waals surface area (Å²) in [5, 5.41) is 0. The lowest BCUT2D eigenvalue weighted by Crippen LogP contribution is -2.27. The van der Waals surface area contributed by atoms with Crippen LogP contribution < -0.4 is 0 Å². The van der Waals surface area contributed by atoms with Crippen LogP contribution in [-0.2, 0) is 22.9 Å². The minimum atomic E-state index is -3.37. The van der Waals surface area contributed by atoms with Crippen molar-refractivity contribution in [2.45, 2.75) is 26.7 Å². The first-order valence-corrected chi connectivity index (χ1v) is 9.46. The predicted molar refractivity (Wildman–Crippen MR) is 93.5 cm³/mol. The van der Waals surface area contributed by atoms with Crippen molar-refractivity contribution in [1.29, 1.82) is 0 Å². The number of aromatic amines is 1. The summed E-state index contributed by atoms with van der Waals surface area (Å²) in [5.74, 6) is 2.91. The van der Waals surface area contributed by atoms with Gasteiger partial charge in [0.1, 0.15) is 0 Å². The van der Waals surface area contributed by atoms with Crippen LogP contribution in [0.5, 0.6) is 0 Å². The number of aromatic nitrogens is 1. The van der Waals surface area contributed by atoms with E-state index >= 15 is 0 Å². The molecule has 0 fully saturated rings. The first kappa shape index (κ1) is 17.2. The van der Waals surface area contributed by atoms with Crippen molar-refractivity contribution in [3.05, 3.63) is 58.9 Å². The van der Waals surface area contributed by atoms with Crippen LogP contribution in [0.3, 0.4) is 0 Å². The van der Waals surface area contributed by atoms with Gasteiger partial charge in [0.25, 0.3) is 0 Å². The Balaban J connectivity index is 2.16. The largest absolute Gasteiger partial charge is 0.362 e. The van der Waals surface area contributed by atoms with E-state index in [2.05, 4.69) is 29.9 Å². The molecule has 0 aliphatic carbocycles. The zero-order valence-corrected chi connectivity index (χ0v) is 14.6. The fourth-order valence-corrected chi connectivity index (χ4v) is 3.04. The maximum Gasteiger partial charge on any atom is 0.238 e. The third kappa shape index (κ3) is 4.90. The Morgan fingerprint density at radius 1 is 1.22 bits per heavy atom. The summed E-state index contributed by atoms with van der Waals surface area (Å²) in [7, 11) is -3.37. The number of nitrogens with one attached hydrogen (secondary N) is 1. The molecule has 0 bridgehead atoms. The number of aryl methyl sites for hydroxylation is 2. The van der Waals surface area contributed by atoms with Crippen molar-refractivity contribution in [2.75, 3.05) is 12.8 Å². The third-order valence-electron chi connectivity index (χ3n) is 3.57. The molecule has 0 spiro atoms. The monoisotopic (exact) mass is 330 g/mol. The first-order valence-electron chi connectivity index (χ1n) is 7.62. The number of hydrogen-bond acceptors (Lipinski definition) is 2. The highest BCUT2D eigenvalue weighted by Crippen LogP contribution is 2.13. The van der Waals surface area contributed by atoms with Gasteiger partial charge in [-0.15, -0.1) is 0 Å². The molecule has 2 aromatic rings. The molecule has 1 heterocycles. The predicted octanol–water partition coefficient (Wildman–Crippen LogP) is 2.70. The SMILES string of the molecule is CCc1cc(C)[nH]c1CCN(C#Cc1ccccc1)S(C)(=O)=O. The molecule has 0 amide bonds. The Kier molecular flexibility index (Phi) is 5.51. The molecular weight excluding hydrogens is 308 g/mol. The van der Waals surface area contributed by atoms with Gasteiger partial charge in [0.2, 0.25) is 10.0 Å². The topological polar surface area (TPSA) is 53.2 Å². The van der Waals surface area contributed by atoms with E-state index in [1.165, 1.54) is 16.1 Å². The number of nitrogens with zero attached hydrogens (tertiary/aromatic N) is 1. The fourth-order valence-electron chi connectivity index (χ4n) is 2.41. The summed E-state index contributed by atoms with van der Waals surface area (Å²) >= 11 is 0. The van der Waals surface area contributed by atoms with Gasteiger partial charge in [0.15, 0.2) is 0 Å². The minimum absolute atomic E-state index is 0.339. The molecule has 0 unspecified atom stereocenters. The van der Waals surface area contributed by atoms with Gasteiger partial charge < -0.3 is 4.98 Å². The van der Waals surface area contributed by atoms with E-state index in [-0.39, 0.29) is 0 Å². The second kappa shape index (κ2) is 7.38. The molecule has 23 heavy (non-hydrogen) atoms. The van der Waals surface area contributed by atoms with E-state index in [4.69, 9.17) is 0 Å². The summed E-state index contributed by atoms with van der Waals surface area (Å²) in [6.07, 6.45) is 2.73.